The molecule has 2 rings (SSSR count). The summed E-state index contributed by atoms with van der Waals surface area (Å²) >= 11 is 6.09. The lowest BCUT2D eigenvalue weighted by Gasteiger charge is -2.21. The number of rotatable bonds is 2. The molecule has 0 saturated carbocycles. The van der Waals surface area contributed by atoms with Gasteiger partial charge in [-0.1, -0.05) is 36.6 Å². The lowest BCUT2D eigenvalue weighted by atomic mass is 10.2. The van der Waals surface area contributed by atoms with Gasteiger partial charge in [-0.3, -0.25) is 5.43 Å². The van der Waals surface area contributed by atoms with Crippen LogP contribution in [0, 0.1) is 6.92 Å². The summed E-state index contributed by atoms with van der Waals surface area (Å²) in [5, 5.41) is 5.36. The lowest BCUT2D eigenvalue weighted by Crippen LogP contribution is -2.44. The maximum atomic E-state index is 12.0. The number of aryl methyl sites for hydroxylation is 1. The van der Waals surface area contributed by atoms with Crippen molar-refractivity contribution in [2.24, 2.45) is 0 Å². The molecule has 0 aliphatic carbocycles. The van der Waals surface area contributed by atoms with Crippen molar-refractivity contribution in [2.45, 2.75) is 32.6 Å². The molecule has 5 heteroatoms. The number of para-hydroxylation sites is 1. The topological polar surface area (TPSA) is 44.4 Å². The Hall–Kier alpha value is -1.26. The Bertz CT molecular complexity index is 422. The maximum absolute atomic E-state index is 12.0. The minimum atomic E-state index is -0.224. The predicted molar refractivity (Wildman–Crippen MR) is 78.4 cm³/mol. The molecule has 0 unspecified atom stereocenters. The summed E-state index contributed by atoms with van der Waals surface area (Å²) in [6, 6.07) is 5.34. The second-order valence-electron chi connectivity index (χ2n) is 4.90. The highest BCUT2D eigenvalue weighted by molar-refractivity contribution is 6.33. The number of hydrazine groups is 1. The van der Waals surface area contributed by atoms with E-state index in [1.54, 1.807) is 6.07 Å². The number of halogens is 1. The Morgan fingerprint density at radius 3 is 2.53 bits per heavy atom. The third kappa shape index (κ3) is 4.11. The molecule has 1 fully saturated rings. The van der Waals surface area contributed by atoms with E-state index in [1.807, 2.05) is 24.1 Å². The SMILES string of the molecule is Cc1cccc(Cl)c1NC(=O)NN1CCCCCC1. The first-order valence-electron chi connectivity index (χ1n) is 6.74. The van der Waals surface area contributed by atoms with Crippen molar-refractivity contribution < 1.29 is 4.79 Å². The van der Waals surface area contributed by atoms with Crippen LogP contribution in [-0.2, 0) is 0 Å². The van der Waals surface area contributed by atoms with Gasteiger partial charge in [0.1, 0.15) is 0 Å². The van der Waals surface area contributed by atoms with Gasteiger partial charge in [0.2, 0.25) is 0 Å². The normalized spacial score (nSPS) is 16.7. The molecule has 0 atom stereocenters. The highest BCUT2D eigenvalue weighted by atomic mass is 35.5. The number of carbonyl (C=O) groups is 1. The fourth-order valence-corrected chi connectivity index (χ4v) is 2.53. The maximum Gasteiger partial charge on any atom is 0.333 e. The Balaban J connectivity index is 1.93. The Kier molecular flexibility index (Phi) is 5.05. The van der Waals surface area contributed by atoms with Crippen LogP contribution in [0.25, 0.3) is 0 Å². The number of nitrogens with one attached hydrogen (secondary N) is 2. The molecule has 0 radical (unpaired) electrons. The fraction of sp³-hybridized carbons (Fsp3) is 0.500. The molecule has 2 N–H and O–H groups in total. The second-order valence-corrected chi connectivity index (χ2v) is 5.31. The fourth-order valence-electron chi connectivity index (χ4n) is 2.26. The van der Waals surface area contributed by atoms with E-state index in [1.165, 1.54) is 12.8 Å². The molecule has 1 heterocycles. The van der Waals surface area contributed by atoms with Gasteiger partial charge in [0.15, 0.2) is 0 Å². The van der Waals surface area contributed by atoms with E-state index in [2.05, 4.69) is 10.7 Å². The van der Waals surface area contributed by atoms with E-state index >= 15 is 0 Å². The molecule has 0 spiro atoms. The van der Waals surface area contributed by atoms with E-state index in [4.69, 9.17) is 11.6 Å². The van der Waals surface area contributed by atoms with Gasteiger partial charge in [-0.15, -0.1) is 0 Å². The molecular formula is C14H20ClN3O. The average Bonchev–Trinajstić information content (AvgIpc) is 2.63. The van der Waals surface area contributed by atoms with E-state index in [9.17, 15) is 4.79 Å². The summed E-state index contributed by atoms with van der Waals surface area (Å²) in [6.45, 7) is 3.75. The standard InChI is InChI=1S/C14H20ClN3O/c1-11-7-6-8-12(15)13(11)16-14(19)17-18-9-4-2-3-5-10-18/h6-8H,2-5,9-10H2,1H3,(H2,16,17,19). The lowest BCUT2D eigenvalue weighted by molar-refractivity contribution is 0.190. The van der Waals surface area contributed by atoms with Crippen molar-refractivity contribution in [2.75, 3.05) is 18.4 Å². The zero-order valence-corrected chi connectivity index (χ0v) is 12.0. The van der Waals surface area contributed by atoms with Gasteiger partial charge in [-0.2, -0.15) is 0 Å². The Labute approximate surface area is 119 Å². The minimum absolute atomic E-state index is 0.224. The second kappa shape index (κ2) is 6.78. The monoisotopic (exact) mass is 281 g/mol. The van der Waals surface area contributed by atoms with Crippen molar-refractivity contribution in [3.05, 3.63) is 28.8 Å². The number of anilines is 1. The first-order chi connectivity index (χ1) is 9.16. The summed E-state index contributed by atoms with van der Waals surface area (Å²) in [4.78, 5) is 12.0. The molecule has 1 saturated heterocycles. The van der Waals surface area contributed by atoms with Crippen LogP contribution < -0.4 is 10.7 Å². The van der Waals surface area contributed by atoms with Crippen molar-refractivity contribution >= 4 is 23.3 Å². The number of benzene rings is 1. The number of hydrogen-bond acceptors (Lipinski definition) is 2. The van der Waals surface area contributed by atoms with Gasteiger partial charge in [-0.05, 0) is 31.4 Å². The van der Waals surface area contributed by atoms with Gasteiger partial charge in [0.05, 0.1) is 10.7 Å². The summed E-state index contributed by atoms with van der Waals surface area (Å²) in [6.07, 6.45) is 4.74. The largest absolute Gasteiger partial charge is 0.333 e. The van der Waals surface area contributed by atoms with Crippen LogP contribution in [0.3, 0.4) is 0 Å². The third-order valence-electron chi connectivity index (χ3n) is 3.33. The van der Waals surface area contributed by atoms with E-state index in [-0.39, 0.29) is 6.03 Å². The number of urea groups is 1. The van der Waals surface area contributed by atoms with Crippen molar-refractivity contribution in [3.8, 4) is 0 Å². The van der Waals surface area contributed by atoms with Gasteiger partial charge < -0.3 is 5.32 Å². The van der Waals surface area contributed by atoms with E-state index < -0.39 is 0 Å². The van der Waals surface area contributed by atoms with Crippen molar-refractivity contribution in [1.29, 1.82) is 0 Å². The van der Waals surface area contributed by atoms with Crippen LogP contribution in [0.15, 0.2) is 18.2 Å². The Morgan fingerprint density at radius 1 is 1.21 bits per heavy atom. The highest BCUT2D eigenvalue weighted by Crippen LogP contribution is 2.25. The van der Waals surface area contributed by atoms with Crippen molar-refractivity contribution in [3.63, 3.8) is 0 Å². The molecular weight excluding hydrogens is 262 g/mol. The molecule has 1 aliphatic heterocycles. The molecule has 104 valence electrons. The first-order valence-corrected chi connectivity index (χ1v) is 7.12. The zero-order valence-electron chi connectivity index (χ0n) is 11.2. The summed E-state index contributed by atoms with van der Waals surface area (Å²) in [5.74, 6) is 0. The van der Waals surface area contributed by atoms with Crippen LogP contribution in [0.1, 0.15) is 31.2 Å². The number of carbonyl (C=O) groups excluding carboxylic acids is 1. The number of amides is 2. The van der Waals surface area contributed by atoms with Gasteiger partial charge in [-0.25, -0.2) is 9.80 Å². The number of nitrogens with zero attached hydrogens (tertiary/aromatic N) is 1. The third-order valence-corrected chi connectivity index (χ3v) is 3.64. The molecule has 0 aromatic heterocycles. The molecule has 19 heavy (non-hydrogen) atoms. The molecule has 1 aromatic rings. The minimum Gasteiger partial charge on any atom is -0.305 e. The molecule has 1 aliphatic rings. The van der Waals surface area contributed by atoms with E-state index in [0.29, 0.717) is 10.7 Å². The molecule has 4 nitrogen and oxygen atoms in total. The summed E-state index contributed by atoms with van der Waals surface area (Å²) < 4.78 is 0. The summed E-state index contributed by atoms with van der Waals surface area (Å²) in [5.41, 5.74) is 4.52. The van der Waals surface area contributed by atoms with Crippen LogP contribution in [0.5, 0.6) is 0 Å². The van der Waals surface area contributed by atoms with Crippen LogP contribution in [0.4, 0.5) is 10.5 Å². The van der Waals surface area contributed by atoms with Gasteiger partial charge in [0.25, 0.3) is 0 Å². The van der Waals surface area contributed by atoms with Crippen LogP contribution in [0.2, 0.25) is 5.02 Å². The van der Waals surface area contributed by atoms with Crippen LogP contribution >= 0.6 is 11.6 Å². The molecule has 0 bridgehead atoms. The van der Waals surface area contributed by atoms with Crippen molar-refractivity contribution in [1.82, 2.24) is 10.4 Å². The number of hydrogen-bond donors (Lipinski definition) is 2. The predicted octanol–water partition coefficient (Wildman–Crippen LogP) is 3.56. The quantitative estimate of drug-likeness (QED) is 0.870. The highest BCUT2D eigenvalue weighted by Gasteiger charge is 2.13. The summed E-state index contributed by atoms with van der Waals surface area (Å²) in [7, 11) is 0. The average molecular weight is 282 g/mol. The van der Waals surface area contributed by atoms with Gasteiger partial charge >= 0.3 is 6.03 Å². The smallest absolute Gasteiger partial charge is 0.305 e. The van der Waals surface area contributed by atoms with E-state index in [0.717, 1.165) is 31.5 Å². The zero-order chi connectivity index (χ0) is 13.7. The van der Waals surface area contributed by atoms with Gasteiger partial charge in [0, 0.05) is 13.1 Å². The Morgan fingerprint density at radius 2 is 1.89 bits per heavy atom. The molecule has 1 aromatic carbocycles. The first kappa shape index (κ1) is 14.2. The molecule has 2 amide bonds. The van der Waals surface area contributed by atoms with Crippen LogP contribution in [-0.4, -0.2) is 24.1 Å².